The summed E-state index contributed by atoms with van der Waals surface area (Å²) in [5, 5.41) is 3.62. The van der Waals surface area contributed by atoms with Crippen LogP contribution in [-0.4, -0.2) is 44.2 Å². The fourth-order valence-corrected chi connectivity index (χ4v) is 2.57. The number of piperidine rings is 1. The topological polar surface area (TPSA) is 41.3 Å². The van der Waals surface area contributed by atoms with Crippen LogP contribution in [0, 0.1) is 17.8 Å². The number of hydrogen-bond donors (Lipinski definition) is 2. The van der Waals surface area contributed by atoms with E-state index in [0.717, 1.165) is 19.0 Å². The Labute approximate surface area is 107 Å². The summed E-state index contributed by atoms with van der Waals surface area (Å²) in [6.07, 6.45) is 2.71. The third-order valence-electron chi connectivity index (χ3n) is 4.24. The van der Waals surface area contributed by atoms with E-state index in [4.69, 9.17) is 5.73 Å². The third kappa shape index (κ3) is 5.36. The molecule has 0 aliphatic carbocycles. The zero-order valence-corrected chi connectivity index (χ0v) is 11.9. The molecule has 0 aromatic heterocycles. The summed E-state index contributed by atoms with van der Waals surface area (Å²) in [6.45, 7) is 13.6. The molecule has 0 spiro atoms. The van der Waals surface area contributed by atoms with Gasteiger partial charge in [-0.15, -0.1) is 0 Å². The molecule has 17 heavy (non-hydrogen) atoms. The van der Waals surface area contributed by atoms with Crippen molar-refractivity contribution in [2.24, 2.45) is 23.5 Å². The molecule has 0 bridgehead atoms. The molecule has 3 heteroatoms. The summed E-state index contributed by atoms with van der Waals surface area (Å²) in [6, 6.07) is 0. The summed E-state index contributed by atoms with van der Waals surface area (Å²) in [5.74, 6) is 2.20. The lowest BCUT2D eigenvalue weighted by Gasteiger charge is -2.31. The first kappa shape index (κ1) is 14.9. The van der Waals surface area contributed by atoms with Gasteiger partial charge in [-0.3, -0.25) is 0 Å². The van der Waals surface area contributed by atoms with Gasteiger partial charge in [-0.1, -0.05) is 20.8 Å². The number of nitrogens with zero attached hydrogens (tertiary/aromatic N) is 1. The van der Waals surface area contributed by atoms with Gasteiger partial charge in [0.2, 0.25) is 0 Å². The van der Waals surface area contributed by atoms with Gasteiger partial charge >= 0.3 is 0 Å². The molecule has 1 atom stereocenters. The van der Waals surface area contributed by atoms with E-state index in [9.17, 15) is 0 Å². The quantitative estimate of drug-likeness (QED) is 0.710. The standard InChI is InChI=1S/C14H31N3/c1-4-17-7-5-13(6-8-17)10-16-11-14(9-15)12(2)3/h12-14,16H,4-11,15H2,1-3H3. The Hall–Kier alpha value is -0.120. The van der Waals surface area contributed by atoms with Crippen LogP contribution in [0.15, 0.2) is 0 Å². The van der Waals surface area contributed by atoms with Gasteiger partial charge in [-0.05, 0) is 69.9 Å². The fourth-order valence-electron chi connectivity index (χ4n) is 2.57. The summed E-state index contributed by atoms with van der Waals surface area (Å²) in [7, 11) is 0. The molecule has 0 saturated carbocycles. The highest BCUT2D eigenvalue weighted by Gasteiger charge is 2.18. The molecule has 1 fully saturated rings. The van der Waals surface area contributed by atoms with E-state index >= 15 is 0 Å². The van der Waals surface area contributed by atoms with Crippen LogP contribution in [0.1, 0.15) is 33.6 Å². The molecular formula is C14H31N3. The first-order valence-corrected chi connectivity index (χ1v) is 7.30. The van der Waals surface area contributed by atoms with E-state index in [1.54, 1.807) is 0 Å². The molecule has 1 rings (SSSR count). The highest BCUT2D eigenvalue weighted by atomic mass is 15.1. The maximum atomic E-state index is 5.78. The zero-order chi connectivity index (χ0) is 12.7. The first-order valence-electron chi connectivity index (χ1n) is 7.30. The Bertz CT molecular complexity index is 186. The molecule has 102 valence electrons. The van der Waals surface area contributed by atoms with Crippen molar-refractivity contribution in [1.82, 2.24) is 10.2 Å². The van der Waals surface area contributed by atoms with Crippen LogP contribution in [0.2, 0.25) is 0 Å². The van der Waals surface area contributed by atoms with Crippen LogP contribution in [0.4, 0.5) is 0 Å². The van der Waals surface area contributed by atoms with Crippen molar-refractivity contribution in [3.63, 3.8) is 0 Å². The van der Waals surface area contributed by atoms with Gasteiger partial charge in [0.05, 0.1) is 0 Å². The molecule has 1 aliphatic rings. The van der Waals surface area contributed by atoms with Crippen LogP contribution in [0.5, 0.6) is 0 Å². The minimum absolute atomic E-state index is 0.630. The van der Waals surface area contributed by atoms with Crippen molar-refractivity contribution in [2.45, 2.75) is 33.6 Å². The van der Waals surface area contributed by atoms with Gasteiger partial charge in [0.15, 0.2) is 0 Å². The highest BCUT2D eigenvalue weighted by Crippen LogP contribution is 2.16. The van der Waals surface area contributed by atoms with Crippen LogP contribution < -0.4 is 11.1 Å². The summed E-state index contributed by atoms with van der Waals surface area (Å²) in [4.78, 5) is 2.55. The molecule has 1 aliphatic heterocycles. The van der Waals surface area contributed by atoms with Gasteiger partial charge < -0.3 is 16.0 Å². The largest absolute Gasteiger partial charge is 0.330 e. The normalized spacial score (nSPS) is 21.0. The van der Waals surface area contributed by atoms with Crippen molar-refractivity contribution in [1.29, 1.82) is 0 Å². The van der Waals surface area contributed by atoms with Crippen molar-refractivity contribution in [3.05, 3.63) is 0 Å². The second-order valence-corrected chi connectivity index (χ2v) is 5.78. The average Bonchev–Trinajstić information content (AvgIpc) is 2.35. The molecule has 0 radical (unpaired) electrons. The number of hydrogen-bond acceptors (Lipinski definition) is 3. The van der Waals surface area contributed by atoms with Crippen molar-refractivity contribution in [3.8, 4) is 0 Å². The van der Waals surface area contributed by atoms with Gasteiger partial charge in [0, 0.05) is 0 Å². The molecule has 1 unspecified atom stereocenters. The van der Waals surface area contributed by atoms with E-state index in [2.05, 4.69) is 31.0 Å². The first-order chi connectivity index (χ1) is 8.17. The van der Waals surface area contributed by atoms with Crippen molar-refractivity contribution >= 4 is 0 Å². The minimum Gasteiger partial charge on any atom is -0.330 e. The smallest absolute Gasteiger partial charge is 0.000589 e. The average molecular weight is 241 g/mol. The molecule has 1 saturated heterocycles. The number of nitrogens with one attached hydrogen (secondary N) is 1. The second-order valence-electron chi connectivity index (χ2n) is 5.78. The lowest BCUT2D eigenvalue weighted by atomic mass is 9.94. The lowest BCUT2D eigenvalue weighted by Crippen LogP contribution is -2.39. The number of likely N-dealkylation sites (tertiary alicyclic amines) is 1. The summed E-state index contributed by atoms with van der Waals surface area (Å²) < 4.78 is 0. The summed E-state index contributed by atoms with van der Waals surface area (Å²) >= 11 is 0. The molecule has 3 N–H and O–H groups in total. The van der Waals surface area contributed by atoms with E-state index in [0.29, 0.717) is 11.8 Å². The third-order valence-corrected chi connectivity index (χ3v) is 4.24. The number of rotatable bonds is 7. The van der Waals surface area contributed by atoms with E-state index in [1.807, 2.05) is 0 Å². The van der Waals surface area contributed by atoms with Gasteiger partial charge in [-0.25, -0.2) is 0 Å². The van der Waals surface area contributed by atoms with Crippen LogP contribution in [0.3, 0.4) is 0 Å². The van der Waals surface area contributed by atoms with Crippen LogP contribution >= 0.6 is 0 Å². The highest BCUT2D eigenvalue weighted by molar-refractivity contribution is 4.74. The minimum atomic E-state index is 0.630. The maximum Gasteiger partial charge on any atom is -0.000589 e. The Morgan fingerprint density at radius 2 is 1.94 bits per heavy atom. The molecule has 1 heterocycles. The Kier molecular flexibility index (Phi) is 7.09. The van der Waals surface area contributed by atoms with Crippen LogP contribution in [0.25, 0.3) is 0 Å². The fraction of sp³-hybridized carbons (Fsp3) is 1.00. The second kappa shape index (κ2) is 8.06. The Morgan fingerprint density at radius 1 is 1.29 bits per heavy atom. The molecule has 0 amide bonds. The molecular weight excluding hydrogens is 210 g/mol. The van der Waals surface area contributed by atoms with Gasteiger partial charge in [-0.2, -0.15) is 0 Å². The Balaban J connectivity index is 2.11. The SMILES string of the molecule is CCN1CCC(CNCC(CN)C(C)C)CC1. The maximum absolute atomic E-state index is 5.78. The Morgan fingerprint density at radius 3 is 2.41 bits per heavy atom. The monoisotopic (exact) mass is 241 g/mol. The predicted molar refractivity (Wildman–Crippen MR) is 75.1 cm³/mol. The van der Waals surface area contributed by atoms with Crippen molar-refractivity contribution < 1.29 is 0 Å². The van der Waals surface area contributed by atoms with E-state index < -0.39 is 0 Å². The molecule has 0 aromatic carbocycles. The zero-order valence-electron chi connectivity index (χ0n) is 11.9. The predicted octanol–water partition coefficient (Wildman–Crippen LogP) is 1.54. The lowest BCUT2D eigenvalue weighted by molar-refractivity contribution is 0.188. The van der Waals surface area contributed by atoms with Crippen LogP contribution in [-0.2, 0) is 0 Å². The van der Waals surface area contributed by atoms with E-state index in [1.165, 1.54) is 39.0 Å². The molecule has 0 aromatic rings. The number of nitrogens with two attached hydrogens (primary N) is 1. The molecule has 3 nitrogen and oxygen atoms in total. The van der Waals surface area contributed by atoms with Gasteiger partial charge in [0.25, 0.3) is 0 Å². The van der Waals surface area contributed by atoms with Gasteiger partial charge in [0.1, 0.15) is 0 Å². The summed E-state index contributed by atoms with van der Waals surface area (Å²) in [5.41, 5.74) is 5.78. The van der Waals surface area contributed by atoms with Crippen molar-refractivity contribution in [2.75, 3.05) is 39.3 Å². The van der Waals surface area contributed by atoms with E-state index in [-0.39, 0.29) is 0 Å².